The first-order chi connectivity index (χ1) is 9.21. The molecular formula is C12H20N2O5S. The average Bonchev–Trinajstić information content (AvgIpc) is 2.34. The second-order valence-electron chi connectivity index (χ2n) is 4.84. The summed E-state index contributed by atoms with van der Waals surface area (Å²) < 4.78 is 26.9. The van der Waals surface area contributed by atoms with Crippen molar-refractivity contribution < 1.29 is 23.7 Å². The van der Waals surface area contributed by atoms with E-state index in [2.05, 4.69) is 4.72 Å². The minimum absolute atomic E-state index is 0.0198. The lowest BCUT2D eigenvalue weighted by molar-refractivity contribution is 0.0581. The van der Waals surface area contributed by atoms with Crippen LogP contribution >= 0.6 is 0 Å². The van der Waals surface area contributed by atoms with Gasteiger partial charge in [0.1, 0.15) is 5.54 Å². The molecule has 0 amide bonds. The molecule has 0 unspecified atom stereocenters. The Morgan fingerprint density at radius 2 is 1.50 bits per heavy atom. The maximum atomic E-state index is 12.4. The molecular weight excluding hydrogens is 284 g/mol. The molecule has 0 spiro atoms. The smallest absolute Gasteiger partial charge is 0.241 e. The molecule has 6 N–H and O–H groups in total. The highest BCUT2D eigenvalue weighted by Crippen LogP contribution is 2.24. The molecule has 0 aliphatic carbocycles. The van der Waals surface area contributed by atoms with E-state index in [1.54, 1.807) is 13.8 Å². The zero-order valence-corrected chi connectivity index (χ0v) is 12.2. The van der Waals surface area contributed by atoms with Crippen molar-refractivity contribution in [3.05, 3.63) is 23.3 Å². The summed E-state index contributed by atoms with van der Waals surface area (Å²) in [6.07, 6.45) is 0. The number of hydrogen-bond donors (Lipinski definition) is 5. The van der Waals surface area contributed by atoms with E-state index >= 15 is 0 Å². The van der Waals surface area contributed by atoms with Gasteiger partial charge in [0, 0.05) is 5.69 Å². The summed E-state index contributed by atoms with van der Waals surface area (Å²) in [7, 11) is -4.02. The Kier molecular flexibility index (Phi) is 5.11. The van der Waals surface area contributed by atoms with Crippen LogP contribution in [-0.2, 0) is 10.0 Å². The van der Waals surface area contributed by atoms with Crippen molar-refractivity contribution in [2.45, 2.75) is 24.3 Å². The number of nitrogens with one attached hydrogen (secondary N) is 1. The fourth-order valence-corrected chi connectivity index (χ4v) is 3.82. The minimum Gasteiger partial charge on any atom is -0.399 e. The first-order valence-corrected chi connectivity index (χ1v) is 7.43. The van der Waals surface area contributed by atoms with Gasteiger partial charge in [-0.05, 0) is 37.1 Å². The van der Waals surface area contributed by atoms with Gasteiger partial charge >= 0.3 is 0 Å². The molecule has 0 aliphatic heterocycles. The molecule has 0 heterocycles. The van der Waals surface area contributed by atoms with Gasteiger partial charge in [-0.3, -0.25) is 0 Å². The van der Waals surface area contributed by atoms with E-state index in [-0.39, 0.29) is 4.90 Å². The van der Waals surface area contributed by atoms with Crippen molar-refractivity contribution >= 4 is 15.7 Å². The van der Waals surface area contributed by atoms with Crippen LogP contribution in [0.15, 0.2) is 17.0 Å². The number of anilines is 1. The Morgan fingerprint density at radius 1 is 1.10 bits per heavy atom. The molecule has 1 rings (SSSR count). The van der Waals surface area contributed by atoms with E-state index in [1.807, 2.05) is 0 Å². The monoisotopic (exact) mass is 304 g/mol. The van der Waals surface area contributed by atoms with E-state index in [0.29, 0.717) is 16.8 Å². The molecule has 114 valence electrons. The van der Waals surface area contributed by atoms with Crippen molar-refractivity contribution in [1.29, 1.82) is 0 Å². The predicted molar refractivity (Wildman–Crippen MR) is 74.6 cm³/mol. The van der Waals surface area contributed by atoms with Crippen LogP contribution in [-0.4, -0.2) is 49.1 Å². The number of sulfonamides is 1. The molecule has 1 aromatic rings. The van der Waals surface area contributed by atoms with Gasteiger partial charge < -0.3 is 21.1 Å². The largest absolute Gasteiger partial charge is 0.399 e. The normalized spacial score (nSPS) is 12.7. The van der Waals surface area contributed by atoms with Crippen molar-refractivity contribution in [3.63, 3.8) is 0 Å². The number of aliphatic hydroxyl groups excluding tert-OH is 3. The van der Waals surface area contributed by atoms with Crippen molar-refractivity contribution in [1.82, 2.24) is 4.72 Å². The first-order valence-electron chi connectivity index (χ1n) is 5.94. The molecule has 0 atom stereocenters. The van der Waals surface area contributed by atoms with E-state index < -0.39 is 35.4 Å². The summed E-state index contributed by atoms with van der Waals surface area (Å²) in [5.41, 5.74) is 5.26. The Morgan fingerprint density at radius 3 is 1.85 bits per heavy atom. The van der Waals surface area contributed by atoms with Gasteiger partial charge in [0.2, 0.25) is 10.0 Å². The summed E-state index contributed by atoms with van der Waals surface area (Å²) in [5, 5.41) is 27.6. The predicted octanol–water partition coefficient (Wildman–Crippen LogP) is -1.12. The third kappa shape index (κ3) is 3.28. The summed E-state index contributed by atoms with van der Waals surface area (Å²) in [6, 6.07) is 3.03. The maximum absolute atomic E-state index is 12.4. The van der Waals surface area contributed by atoms with Crippen LogP contribution in [0.3, 0.4) is 0 Å². The zero-order chi connectivity index (χ0) is 15.6. The van der Waals surface area contributed by atoms with Crippen LogP contribution in [0.2, 0.25) is 0 Å². The summed E-state index contributed by atoms with van der Waals surface area (Å²) in [4.78, 5) is 0.0198. The van der Waals surface area contributed by atoms with Gasteiger partial charge in [-0.2, -0.15) is 4.72 Å². The molecule has 8 heteroatoms. The first kappa shape index (κ1) is 16.9. The zero-order valence-electron chi connectivity index (χ0n) is 11.4. The van der Waals surface area contributed by atoms with Crippen molar-refractivity contribution in [2.24, 2.45) is 0 Å². The van der Waals surface area contributed by atoms with Crippen LogP contribution in [0, 0.1) is 13.8 Å². The number of benzene rings is 1. The Balaban J connectivity index is 3.32. The molecule has 0 saturated carbocycles. The summed E-state index contributed by atoms with van der Waals surface area (Å²) in [5.74, 6) is 0. The number of hydrogen-bond acceptors (Lipinski definition) is 6. The second kappa shape index (κ2) is 6.06. The van der Waals surface area contributed by atoms with E-state index in [0.717, 1.165) is 0 Å². The highest BCUT2D eigenvalue weighted by atomic mass is 32.2. The minimum atomic E-state index is -4.02. The van der Waals surface area contributed by atoms with Crippen LogP contribution in [0.4, 0.5) is 5.69 Å². The summed E-state index contributed by atoms with van der Waals surface area (Å²) in [6.45, 7) is 0.998. The lowest BCUT2D eigenvalue weighted by atomic mass is 10.1. The lowest BCUT2D eigenvalue weighted by Gasteiger charge is -2.29. The average molecular weight is 304 g/mol. The topological polar surface area (TPSA) is 133 Å². The van der Waals surface area contributed by atoms with E-state index in [9.17, 15) is 23.7 Å². The molecule has 0 aromatic heterocycles. The Labute approximate surface area is 118 Å². The Bertz CT molecular complexity index is 550. The van der Waals surface area contributed by atoms with Gasteiger partial charge in [0.15, 0.2) is 0 Å². The quantitative estimate of drug-likeness (QED) is 0.423. The molecule has 0 fully saturated rings. The molecule has 0 bridgehead atoms. The third-order valence-corrected chi connectivity index (χ3v) is 4.89. The fraction of sp³-hybridized carbons (Fsp3) is 0.500. The molecule has 7 nitrogen and oxygen atoms in total. The number of rotatable bonds is 6. The standard InChI is InChI=1S/C12H20N2O5S/c1-8-3-10(13)4-9(2)11(8)20(18,19)14-12(5-15,6-16)7-17/h3-4,14-17H,5-7,13H2,1-2H3. The fourth-order valence-electron chi connectivity index (χ4n) is 1.99. The van der Waals surface area contributed by atoms with Gasteiger partial charge in [-0.1, -0.05) is 0 Å². The van der Waals surface area contributed by atoms with Crippen molar-refractivity contribution in [3.8, 4) is 0 Å². The maximum Gasteiger partial charge on any atom is 0.241 e. The van der Waals surface area contributed by atoms with Gasteiger partial charge in [-0.15, -0.1) is 0 Å². The van der Waals surface area contributed by atoms with E-state index in [1.165, 1.54) is 12.1 Å². The van der Waals surface area contributed by atoms with Crippen molar-refractivity contribution in [2.75, 3.05) is 25.6 Å². The molecule has 0 aliphatic rings. The van der Waals surface area contributed by atoms with Gasteiger partial charge in [0.25, 0.3) is 0 Å². The number of aryl methyl sites for hydroxylation is 2. The SMILES string of the molecule is Cc1cc(N)cc(C)c1S(=O)(=O)NC(CO)(CO)CO. The summed E-state index contributed by atoms with van der Waals surface area (Å²) >= 11 is 0. The number of nitrogen functional groups attached to an aromatic ring is 1. The highest BCUT2D eigenvalue weighted by Gasteiger charge is 2.35. The lowest BCUT2D eigenvalue weighted by Crippen LogP contribution is -2.57. The van der Waals surface area contributed by atoms with Gasteiger partial charge in [0.05, 0.1) is 24.7 Å². The van der Waals surface area contributed by atoms with E-state index in [4.69, 9.17) is 5.73 Å². The van der Waals surface area contributed by atoms with Crippen LogP contribution < -0.4 is 10.5 Å². The van der Waals surface area contributed by atoms with Crippen LogP contribution in [0.1, 0.15) is 11.1 Å². The van der Waals surface area contributed by atoms with Crippen LogP contribution in [0.25, 0.3) is 0 Å². The number of aliphatic hydroxyl groups is 3. The second-order valence-corrected chi connectivity index (χ2v) is 6.46. The molecule has 0 radical (unpaired) electrons. The molecule has 0 saturated heterocycles. The van der Waals surface area contributed by atoms with Gasteiger partial charge in [-0.25, -0.2) is 8.42 Å². The molecule has 1 aromatic carbocycles. The number of nitrogens with two attached hydrogens (primary N) is 1. The van der Waals surface area contributed by atoms with Crippen LogP contribution in [0.5, 0.6) is 0 Å². The molecule has 20 heavy (non-hydrogen) atoms. The third-order valence-electron chi connectivity index (χ3n) is 3.01. The highest BCUT2D eigenvalue weighted by molar-refractivity contribution is 7.89. The Hall–Kier alpha value is -1.19.